The van der Waals surface area contributed by atoms with Crippen LogP contribution in [0.5, 0.6) is 11.5 Å². The highest BCUT2D eigenvalue weighted by molar-refractivity contribution is 6.04. The first-order chi connectivity index (χ1) is 15.0. The highest BCUT2D eigenvalue weighted by Gasteiger charge is 2.24. The van der Waals surface area contributed by atoms with Gasteiger partial charge in [0.25, 0.3) is 11.8 Å². The van der Waals surface area contributed by atoms with E-state index in [1.807, 2.05) is 25.1 Å². The summed E-state index contributed by atoms with van der Waals surface area (Å²) in [5.74, 6) is 1.11. The zero-order valence-corrected chi connectivity index (χ0v) is 17.7. The van der Waals surface area contributed by atoms with Gasteiger partial charge in [-0.25, -0.2) is 0 Å². The van der Waals surface area contributed by atoms with E-state index in [2.05, 4.69) is 5.32 Å². The molecule has 2 amide bonds. The van der Waals surface area contributed by atoms with E-state index in [9.17, 15) is 9.59 Å². The summed E-state index contributed by atoms with van der Waals surface area (Å²) < 4.78 is 15.9. The summed E-state index contributed by atoms with van der Waals surface area (Å²) in [6.45, 7) is 2.96. The van der Waals surface area contributed by atoms with Crippen molar-refractivity contribution >= 4 is 17.5 Å². The minimum absolute atomic E-state index is 0.0890. The maximum atomic E-state index is 13.2. The molecular weight excluding hydrogens is 396 g/mol. The number of benzene rings is 2. The van der Waals surface area contributed by atoms with Gasteiger partial charge in [0.2, 0.25) is 0 Å². The van der Waals surface area contributed by atoms with Crippen LogP contribution in [-0.4, -0.2) is 37.5 Å². The van der Waals surface area contributed by atoms with E-state index in [0.29, 0.717) is 35.8 Å². The predicted octanol–water partition coefficient (Wildman–Crippen LogP) is 4.06. The summed E-state index contributed by atoms with van der Waals surface area (Å²) in [7, 11) is 3.21. The van der Waals surface area contributed by atoms with Crippen LogP contribution in [0, 0.1) is 6.92 Å². The van der Waals surface area contributed by atoms with Gasteiger partial charge in [-0.15, -0.1) is 0 Å². The zero-order chi connectivity index (χ0) is 22.0. The van der Waals surface area contributed by atoms with Crippen molar-refractivity contribution in [3.05, 3.63) is 76.7 Å². The van der Waals surface area contributed by atoms with Gasteiger partial charge in [0.05, 0.1) is 20.5 Å². The minimum Gasteiger partial charge on any atom is -0.493 e. The molecule has 1 aliphatic heterocycles. The van der Waals surface area contributed by atoms with E-state index in [-0.39, 0.29) is 17.6 Å². The molecule has 3 aromatic rings. The van der Waals surface area contributed by atoms with Crippen molar-refractivity contribution < 1.29 is 23.5 Å². The number of rotatable bonds is 5. The molecule has 0 aliphatic carbocycles. The lowest BCUT2D eigenvalue weighted by molar-refractivity contribution is 0.0734. The maximum Gasteiger partial charge on any atom is 0.291 e. The third-order valence-electron chi connectivity index (χ3n) is 5.48. The van der Waals surface area contributed by atoms with Crippen LogP contribution in [0.4, 0.5) is 5.69 Å². The Morgan fingerprint density at radius 1 is 1.03 bits per heavy atom. The number of hydrogen-bond donors (Lipinski definition) is 1. The monoisotopic (exact) mass is 420 g/mol. The van der Waals surface area contributed by atoms with Crippen molar-refractivity contribution in [3.63, 3.8) is 0 Å². The van der Waals surface area contributed by atoms with Gasteiger partial charge in [0.1, 0.15) is 0 Å². The summed E-state index contributed by atoms with van der Waals surface area (Å²) in [6, 6.07) is 12.5. The number of amides is 2. The van der Waals surface area contributed by atoms with Crippen molar-refractivity contribution in [1.82, 2.24) is 4.90 Å². The number of ether oxygens (including phenoxy) is 2. The van der Waals surface area contributed by atoms with Gasteiger partial charge in [-0.3, -0.25) is 9.59 Å². The lowest BCUT2D eigenvalue weighted by Crippen LogP contribution is -2.36. The predicted molar refractivity (Wildman–Crippen MR) is 116 cm³/mol. The largest absolute Gasteiger partial charge is 0.493 e. The van der Waals surface area contributed by atoms with Gasteiger partial charge in [-0.05, 0) is 66.4 Å². The van der Waals surface area contributed by atoms with Gasteiger partial charge < -0.3 is 24.1 Å². The SMILES string of the molecule is COc1cc2c(cc1OC)CN(C(=O)c1ccc(C)c(NC(=O)c3ccco3)c1)CC2. The van der Waals surface area contributed by atoms with Crippen molar-refractivity contribution in [2.24, 2.45) is 0 Å². The van der Waals surface area contributed by atoms with E-state index in [1.54, 1.807) is 43.4 Å². The number of anilines is 1. The average molecular weight is 420 g/mol. The topological polar surface area (TPSA) is 81.0 Å². The fourth-order valence-corrected chi connectivity index (χ4v) is 3.72. The normalized spacial score (nSPS) is 12.8. The number of carbonyl (C=O) groups is 2. The number of aryl methyl sites for hydroxylation is 1. The molecule has 2 heterocycles. The van der Waals surface area contributed by atoms with Gasteiger partial charge in [-0.1, -0.05) is 6.07 Å². The molecule has 0 atom stereocenters. The first-order valence-electron chi connectivity index (χ1n) is 9.98. The first-order valence-corrected chi connectivity index (χ1v) is 9.98. The van der Waals surface area contributed by atoms with E-state index >= 15 is 0 Å². The van der Waals surface area contributed by atoms with Crippen LogP contribution in [0.25, 0.3) is 0 Å². The molecule has 1 aromatic heterocycles. The molecule has 0 spiro atoms. The Balaban J connectivity index is 1.54. The summed E-state index contributed by atoms with van der Waals surface area (Å²) in [6.07, 6.45) is 2.18. The molecule has 7 nitrogen and oxygen atoms in total. The second-order valence-electron chi connectivity index (χ2n) is 7.41. The van der Waals surface area contributed by atoms with E-state index < -0.39 is 0 Å². The Labute approximate surface area is 180 Å². The molecule has 7 heteroatoms. The smallest absolute Gasteiger partial charge is 0.291 e. The summed E-state index contributed by atoms with van der Waals surface area (Å²) in [4.78, 5) is 27.3. The number of fused-ring (bicyclic) bond motifs is 1. The Hall–Kier alpha value is -3.74. The minimum atomic E-state index is -0.356. The molecule has 31 heavy (non-hydrogen) atoms. The molecule has 0 unspecified atom stereocenters. The van der Waals surface area contributed by atoms with Crippen molar-refractivity contribution in [2.75, 3.05) is 26.1 Å². The number of methoxy groups -OCH3 is 2. The molecule has 0 saturated carbocycles. The van der Waals surface area contributed by atoms with E-state index in [1.165, 1.54) is 6.26 Å². The second-order valence-corrected chi connectivity index (χ2v) is 7.41. The fourth-order valence-electron chi connectivity index (χ4n) is 3.72. The molecule has 0 bridgehead atoms. The van der Waals surface area contributed by atoms with E-state index in [0.717, 1.165) is 23.1 Å². The van der Waals surface area contributed by atoms with Crippen LogP contribution in [0.3, 0.4) is 0 Å². The van der Waals surface area contributed by atoms with Crippen LogP contribution in [0.15, 0.2) is 53.1 Å². The summed E-state index contributed by atoms with van der Waals surface area (Å²) >= 11 is 0. The summed E-state index contributed by atoms with van der Waals surface area (Å²) in [5.41, 5.74) is 4.14. The Bertz CT molecular complexity index is 1120. The lowest BCUT2D eigenvalue weighted by Gasteiger charge is -2.30. The Morgan fingerprint density at radius 2 is 1.77 bits per heavy atom. The molecule has 1 N–H and O–H groups in total. The van der Waals surface area contributed by atoms with Gasteiger partial charge in [0.15, 0.2) is 17.3 Å². The van der Waals surface area contributed by atoms with Crippen LogP contribution in [0.1, 0.15) is 37.6 Å². The highest BCUT2D eigenvalue weighted by atomic mass is 16.5. The van der Waals surface area contributed by atoms with Crippen LogP contribution >= 0.6 is 0 Å². The Morgan fingerprint density at radius 3 is 2.45 bits per heavy atom. The average Bonchev–Trinajstić information content (AvgIpc) is 3.34. The quantitative estimate of drug-likeness (QED) is 0.673. The molecule has 160 valence electrons. The standard InChI is InChI=1S/C24H24N2O5/c1-15-6-7-17(11-19(15)25-23(27)20-5-4-10-31-20)24(28)26-9-8-16-12-21(29-2)22(30-3)13-18(16)14-26/h4-7,10-13H,8-9,14H2,1-3H3,(H,25,27). The first kappa shape index (κ1) is 20.5. The second kappa shape index (κ2) is 8.55. The third kappa shape index (κ3) is 4.12. The number of nitrogens with one attached hydrogen (secondary N) is 1. The van der Waals surface area contributed by atoms with Gasteiger partial charge in [0, 0.05) is 24.3 Å². The number of furan rings is 1. The van der Waals surface area contributed by atoms with Crippen molar-refractivity contribution in [1.29, 1.82) is 0 Å². The molecule has 2 aromatic carbocycles. The van der Waals surface area contributed by atoms with Crippen LogP contribution < -0.4 is 14.8 Å². The molecular formula is C24H24N2O5. The Kier molecular flexibility index (Phi) is 5.66. The van der Waals surface area contributed by atoms with Crippen LogP contribution in [0.2, 0.25) is 0 Å². The van der Waals surface area contributed by atoms with E-state index in [4.69, 9.17) is 13.9 Å². The lowest BCUT2D eigenvalue weighted by atomic mass is 9.98. The molecule has 1 aliphatic rings. The number of nitrogens with zero attached hydrogens (tertiary/aromatic N) is 1. The fraction of sp³-hybridized carbons (Fsp3) is 0.250. The highest BCUT2D eigenvalue weighted by Crippen LogP contribution is 2.33. The number of carbonyl (C=O) groups excluding carboxylic acids is 2. The van der Waals surface area contributed by atoms with Crippen LogP contribution in [-0.2, 0) is 13.0 Å². The molecule has 0 fully saturated rings. The molecule has 0 saturated heterocycles. The van der Waals surface area contributed by atoms with Gasteiger partial charge in [-0.2, -0.15) is 0 Å². The van der Waals surface area contributed by atoms with Gasteiger partial charge >= 0.3 is 0 Å². The molecule has 4 rings (SSSR count). The summed E-state index contributed by atoms with van der Waals surface area (Å²) in [5, 5.41) is 2.82. The van der Waals surface area contributed by atoms with Crippen molar-refractivity contribution in [3.8, 4) is 11.5 Å². The zero-order valence-electron chi connectivity index (χ0n) is 17.7. The third-order valence-corrected chi connectivity index (χ3v) is 5.48. The maximum absolute atomic E-state index is 13.2. The molecule has 0 radical (unpaired) electrons. The number of hydrogen-bond acceptors (Lipinski definition) is 5. The van der Waals surface area contributed by atoms with Crippen molar-refractivity contribution in [2.45, 2.75) is 19.9 Å².